The van der Waals surface area contributed by atoms with Gasteiger partial charge in [0.15, 0.2) is 5.65 Å². The molecule has 0 aliphatic heterocycles. The molecule has 0 fully saturated rings. The molecule has 148 valence electrons. The Balaban J connectivity index is 2.21. The largest absolute Gasteiger partial charge is 0.480 e. The predicted octanol–water partition coefficient (Wildman–Crippen LogP) is 2.14. The Morgan fingerprint density at radius 2 is 2.00 bits per heavy atom. The number of pyridine rings is 1. The van der Waals surface area contributed by atoms with Gasteiger partial charge in [0.25, 0.3) is 0 Å². The van der Waals surface area contributed by atoms with Crippen molar-refractivity contribution in [2.24, 2.45) is 13.0 Å². The van der Waals surface area contributed by atoms with Crippen LogP contribution >= 0.6 is 0 Å². The number of aryl methyl sites for hydroxylation is 3. The highest BCUT2D eigenvalue weighted by Crippen LogP contribution is 2.30. The van der Waals surface area contributed by atoms with Crippen molar-refractivity contribution in [3.8, 4) is 5.88 Å². The number of nitrogens with one attached hydrogen (secondary N) is 1. The zero-order chi connectivity index (χ0) is 20.3. The number of fused-ring (bicyclic) bond motifs is 1. The van der Waals surface area contributed by atoms with Gasteiger partial charge in [-0.25, -0.2) is 14.5 Å². The zero-order valence-electron chi connectivity index (χ0n) is 16.8. The third-order valence-electron chi connectivity index (χ3n) is 5.11. The third-order valence-corrected chi connectivity index (χ3v) is 5.11. The maximum absolute atomic E-state index is 12.3. The predicted molar refractivity (Wildman–Crippen MR) is 102 cm³/mol. The van der Waals surface area contributed by atoms with E-state index in [2.05, 4.69) is 15.4 Å². The Hall–Kier alpha value is -2.64. The second-order valence-electron chi connectivity index (χ2n) is 6.90. The lowest BCUT2D eigenvalue weighted by Crippen LogP contribution is -2.45. The topological polar surface area (TPSA) is 106 Å². The third kappa shape index (κ3) is 4.20. The summed E-state index contributed by atoms with van der Waals surface area (Å²) in [6.45, 7) is 7.59. The fraction of sp³-hybridized carbons (Fsp3) is 0.579. The average Bonchev–Trinajstić information content (AvgIpc) is 2.94. The Labute approximate surface area is 158 Å². The number of rotatable bonds is 8. The summed E-state index contributed by atoms with van der Waals surface area (Å²) in [6.07, 6.45) is 1.34. The summed E-state index contributed by atoms with van der Waals surface area (Å²) in [5, 5.41) is 17.1. The van der Waals surface area contributed by atoms with Crippen molar-refractivity contribution in [3.05, 3.63) is 16.8 Å². The van der Waals surface area contributed by atoms with Crippen LogP contribution in [0.25, 0.3) is 11.0 Å². The molecule has 2 atom stereocenters. The lowest BCUT2D eigenvalue weighted by molar-refractivity contribution is -0.143. The first-order valence-electron chi connectivity index (χ1n) is 9.10. The van der Waals surface area contributed by atoms with Gasteiger partial charge in [-0.3, -0.25) is 4.79 Å². The second kappa shape index (κ2) is 8.37. The fourth-order valence-electron chi connectivity index (χ4n) is 3.27. The van der Waals surface area contributed by atoms with Crippen LogP contribution in [-0.4, -0.2) is 44.9 Å². The van der Waals surface area contributed by atoms with Crippen LogP contribution in [0.3, 0.4) is 0 Å². The average molecular weight is 376 g/mol. The molecular weight excluding hydrogens is 348 g/mol. The summed E-state index contributed by atoms with van der Waals surface area (Å²) >= 11 is 0. The first-order chi connectivity index (χ1) is 12.7. The Morgan fingerprint density at radius 3 is 2.56 bits per heavy atom. The molecular formula is C19H28N4O4. The highest BCUT2D eigenvalue weighted by molar-refractivity contribution is 5.87. The maximum Gasteiger partial charge on any atom is 0.326 e. The van der Waals surface area contributed by atoms with Gasteiger partial charge in [0, 0.05) is 19.2 Å². The zero-order valence-corrected chi connectivity index (χ0v) is 16.8. The summed E-state index contributed by atoms with van der Waals surface area (Å²) in [7, 11) is 3.37. The summed E-state index contributed by atoms with van der Waals surface area (Å²) in [5.41, 5.74) is 3.50. The summed E-state index contributed by atoms with van der Waals surface area (Å²) < 4.78 is 7.03. The van der Waals surface area contributed by atoms with E-state index in [0.717, 1.165) is 27.9 Å². The van der Waals surface area contributed by atoms with E-state index in [4.69, 9.17) is 4.74 Å². The standard InChI is InChI=1S/C19H28N4O4/c1-7-10(2)16(19(25)26)21-14(24)9-8-13-11(3)15-17(20-12(13)4)23(5)22-18(15)27-6/h10,16H,7-9H2,1-6H3,(H,21,24)(H,25,26)/t10-,16-/m0/s1. The molecule has 0 unspecified atom stereocenters. The molecule has 2 N–H and O–H groups in total. The van der Waals surface area contributed by atoms with Crippen molar-refractivity contribution < 1.29 is 19.4 Å². The number of aliphatic carboxylic acids is 1. The van der Waals surface area contributed by atoms with Crippen LogP contribution in [-0.2, 0) is 23.1 Å². The molecule has 0 saturated heterocycles. The molecule has 8 heteroatoms. The maximum atomic E-state index is 12.3. The fourth-order valence-corrected chi connectivity index (χ4v) is 3.27. The quantitative estimate of drug-likeness (QED) is 0.731. The summed E-state index contributed by atoms with van der Waals surface area (Å²) in [6, 6.07) is -0.872. The van der Waals surface area contributed by atoms with Crippen molar-refractivity contribution in [2.45, 2.75) is 53.0 Å². The van der Waals surface area contributed by atoms with Gasteiger partial charge in [-0.1, -0.05) is 20.3 Å². The van der Waals surface area contributed by atoms with Gasteiger partial charge in [0.1, 0.15) is 6.04 Å². The van der Waals surface area contributed by atoms with Crippen molar-refractivity contribution in [2.75, 3.05) is 7.11 Å². The number of carbonyl (C=O) groups is 2. The van der Waals surface area contributed by atoms with E-state index < -0.39 is 12.0 Å². The number of ether oxygens (including phenoxy) is 1. The molecule has 0 saturated carbocycles. The number of hydrogen-bond acceptors (Lipinski definition) is 5. The van der Waals surface area contributed by atoms with Crippen LogP contribution in [0.4, 0.5) is 0 Å². The molecule has 0 aliphatic rings. The van der Waals surface area contributed by atoms with Gasteiger partial charge in [-0.2, -0.15) is 0 Å². The van der Waals surface area contributed by atoms with Crippen LogP contribution in [0, 0.1) is 19.8 Å². The Morgan fingerprint density at radius 1 is 1.33 bits per heavy atom. The number of hydrogen-bond donors (Lipinski definition) is 2. The molecule has 0 spiro atoms. The normalized spacial score (nSPS) is 13.4. The van der Waals surface area contributed by atoms with Crippen LogP contribution in [0.5, 0.6) is 5.88 Å². The molecule has 27 heavy (non-hydrogen) atoms. The van der Waals surface area contributed by atoms with E-state index in [-0.39, 0.29) is 18.2 Å². The molecule has 2 aromatic rings. The number of amides is 1. The minimum absolute atomic E-state index is 0.132. The number of methoxy groups -OCH3 is 1. The molecule has 0 bridgehead atoms. The molecule has 0 radical (unpaired) electrons. The van der Waals surface area contributed by atoms with E-state index in [9.17, 15) is 14.7 Å². The Kier molecular flexibility index (Phi) is 6.41. The lowest BCUT2D eigenvalue weighted by Gasteiger charge is -2.20. The molecule has 2 aromatic heterocycles. The number of aromatic nitrogens is 3. The van der Waals surface area contributed by atoms with Crippen molar-refractivity contribution >= 4 is 22.9 Å². The lowest BCUT2D eigenvalue weighted by atomic mass is 9.98. The molecule has 2 heterocycles. The first-order valence-corrected chi connectivity index (χ1v) is 9.10. The van der Waals surface area contributed by atoms with Gasteiger partial charge in [-0.05, 0) is 37.3 Å². The van der Waals surface area contributed by atoms with Gasteiger partial charge in [-0.15, -0.1) is 5.10 Å². The SMILES string of the molecule is CC[C@H](C)[C@H](NC(=O)CCc1c(C)nc2c(c(OC)nn2C)c1C)C(=O)O. The van der Waals surface area contributed by atoms with Gasteiger partial charge in [0.05, 0.1) is 12.5 Å². The molecule has 0 aliphatic carbocycles. The minimum atomic E-state index is -1.01. The minimum Gasteiger partial charge on any atom is -0.480 e. The van der Waals surface area contributed by atoms with E-state index >= 15 is 0 Å². The first kappa shape index (κ1) is 20.7. The Bertz CT molecular complexity index is 859. The van der Waals surface area contributed by atoms with Crippen LogP contribution in [0.1, 0.15) is 43.5 Å². The van der Waals surface area contributed by atoms with Crippen molar-refractivity contribution in [3.63, 3.8) is 0 Å². The van der Waals surface area contributed by atoms with E-state index in [1.807, 2.05) is 34.7 Å². The van der Waals surface area contributed by atoms with E-state index in [1.54, 1.807) is 11.8 Å². The smallest absolute Gasteiger partial charge is 0.326 e. The number of carbonyl (C=O) groups excluding carboxylic acids is 1. The van der Waals surface area contributed by atoms with Gasteiger partial charge >= 0.3 is 5.97 Å². The van der Waals surface area contributed by atoms with Crippen molar-refractivity contribution in [1.29, 1.82) is 0 Å². The molecule has 8 nitrogen and oxygen atoms in total. The van der Waals surface area contributed by atoms with E-state index in [0.29, 0.717) is 18.7 Å². The summed E-state index contributed by atoms with van der Waals surface area (Å²) in [4.78, 5) is 28.3. The number of carboxylic acids is 1. The molecule has 2 rings (SSSR count). The molecule has 0 aromatic carbocycles. The van der Waals surface area contributed by atoms with Crippen molar-refractivity contribution in [1.82, 2.24) is 20.1 Å². The summed E-state index contributed by atoms with van der Waals surface area (Å²) in [5.74, 6) is -0.911. The van der Waals surface area contributed by atoms with Crippen LogP contribution in [0.2, 0.25) is 0 Å². The number of carboxylic acid groups (broad SMARTS) is 1. The molecule has 1 amide bonds. The highest BCUT2D eigenvalue weighted by atomic mass is 16.5. The van der Waals surface area contributed by atoms with Gasteiger partial charge in [0.2, 0.25) is 11.8 Å². The van der Waals surface area contributed by atoms with Gasteiger partial charge < -0.3 is 15.2 Å². The van der Waals surface area contributed by atoms with E-state index in [1.165, 1.54) is 0 Å². The second-order valence-corrected chi connectivity index (χ2v) is 6.90. The monoisotopic (exact) mass is 376 g/mol. The van der Waals surface area contributed by atoms with Crippen LogP contribution < -0.4 is 10.1 Å². The highest BCUT2D eigenvalue weighted by Gasteiger charge is 2.25. The van der Waals surface area contributed by atoms with Crippen LogP contribution in [0.15, 0.2) is 0 Å². The number of nitrogens with zero attached hydrogens (tertiary/aromatic N) is 3.